The summed E-state index contributed by atoms with van der Waals surface area (Å²) < 4.78 is 0. The fraction of sp³-hybridized carbons (Fsp3) is 0.263. The van der Waals surface area contributed by atoms with Crippen LogP contribution < -0.4 is 10.2 Å². The Morgan fingerprint density at radius 2 is 2.00 bits per heavy atom. The molecule has 5 heteroatoms. The number of nitrogens with one attached hydrogen (secondary N) is 1. The highest BCUT2D eigenvalue weighted by Crippen LogP contribution is 2.48. The largest absolute Gasteiger partial charge is 0.382 e. The number of Topliss-reactive ketones (excluding diaryl/α,β-unsaturated/α-hetero) is 1. The summed E-state index contributed by atoms with van der Waals surface area (Å²) in [4.78, 5) is 27.0. The van der Waals surface area contributed by atoms with Gasteiger partial charge in [0.15, 0.2) is 0 Å². The maximum atomic E-state index is 12.8. The summed E-state index contributed by atoms with van der Waals surface area (Å²) in [5.74, 6) is -0.893. The summed E-state index contributed by atoms with van der Waals surface area (Å²) in [7, 11) is 0. The van der Waals surface area contributed by atoms with Gasteiger partial charge in [-0.05, 0) is 36.8 Å². The number of amides is 1. The van der Waals surface area contributed by atoms with E-state index in [1.165, 1.54) is 0 Å². The molecule has 0 saturated heterocycles. The number of fused-ring (bicyclic) bond motifs is 2. The molecule has 0 saturated carbocycles. The molecule has 4 nitrogen and oxygen atoms in total. The SMILES string of the molecule is CCCC1(N2C(=O)C(=O)c3ccccc32)CNc2ccc(Cl)cc21. The van der Waals surface area contributed by atoms with Crippen LogP contribution in [-0.4, -0.2) is 18.2 Å². The predicted molar refractivity (Wildman–Crippen MR) is 94.8 cm³/mol. The second-order valence-corrected chi connectivity index (χ2v) is 6.75. The van der Waals surface area contributed by atoms with Crippen LogP contribution in [0.2, 0.25) is 5.02 Å². The highest BCUT2D eigenvalue weighted by atomic mass is 35.5. The van der Waals surface area contributed by atoms with Gasteiger partial charge in [0, 0.05) is 22.8 Å². The first kappa shape index (κ1) is 15.2. The number of hydrogen-bond acceptors (Lipinski definition) is 3. The van der Waals surface area contributed by atoms with Crippen molar-refractivity contribution in [1.29, 1.82) is 0 Å². The van der Waals surface area contributed by atoms with Crippen LogP contribution in [0.3, 0.4) is 0 Å². The molecule has 0 spiro atoms. The topological polar surface area (TPSA) is 49.4 Å². The summed E-state index contributed by atoms with van der Waals surface area (Å²) in [5.41, 5.74) is 2.53. The number of hydrogen-bond donors (Lipinski definition) is 1. The Balaban J connectivity index is 1.95. The first-order chi connectivity index (χ1) is 11.6. The smallest absolute Gasteiger partial charge is 0.300 e. The summed E-state index contributed by atoms with van der Waals surface area (Å²) in [6.07, 6.45) is 1.63. The molecular formula is C19H17ClN2O2. The first-order valence-corrected chi connectivity index (χ1v) is 8.48. The van der Waals surface area contributed by atoms with E-state index < -0.39 is 17.2 Å². The zero-order valence-corrected chi connectivity index (χ0v) is 14.1. The molecule has 24 heavy (non-hydrogen) atoms. The Kier molecular flexibility index (Phi) is 3.39. The number of carbonyl (C=O) groups is 2. The second kappa shape index (κ2) is 5.35. The van der Waals surface area contributed by atoms with Crippen LogP contribution in [0.5, 0.6) is 0 Å². The van der Waals surface area contributed by atoms with Gasteiger partial charge in [-0.15, -0.1) is 0 Å². The zero-order chi connectivity index (χ0) is 16.9. The molecule has 0 bridgehead atoms. The van der Waals surface area contributed by atoms with E-state index in [1.807, 2.05) is 30.3 Å². The molecule has 2 heterocycles. The van der Waals surface area contributed by atoms with Crippen LogP contribution in [0, 0.1) is 0 Å². The average Bonchev–Trinajstić information content (AvgIpc) is 3.05. The lowest BCUT2D eigenvalue weighted by atomic mass is 9.85. The number of ketones is 1. The van der Waals surface area contributed by atoms with Gasteiger partial charge in [-0.2, -0.15) is 0 Å². The average molecular weight is 341 g/mol. The summed E-state index contributed by atoms with van der Waals surface area (Å²) in [5, 5.41) is 4.01. The van der Waals surface area contributed by atoms with Crippen LogP contribution in [0.25, 0.3) is 0 Å². The third-order valence-corrected chi connectivity index (χ3v) is 5.17. The quantitative estimate of drug-likeness (QED) is 0.859. The van der Waals surface area contributed by atoms with Gasteiger partial charge in [-0.25, -0.2) is 0 Å². The van der Waals surface area contributed by atoms with Crippen LogP contribution in [-0.2, 0) is 10.3 Å². The standard InChI is InChI=1S/C19H17ClN2O2/c1-2-9-19(11-21-15-8-7-12(20)10-14(15)19)22-16-6-4-3-5-13(16)17(23)18(22)24/h3-8,10,21H,2,9,11H2,1H3. The van der Waals surface area contributed by atoms with Crippen molar-refractivity contribution >= 4 is 34.7 Å². The maximum Gasteiger partial charge on any atom is 0.300 e. The molecule has 2 aliphatic rings. The van der Waals surface area contributed by atoms with Crippen LogP contribution in [0.1, 0.15) is 35.7 Å². The summed E-state index contributed by atoms with van der Waals surface area (Å²) in [6.45, 7) is 2.66. The Hall–Kier alpha value is -2.33. The highest BCUT2D eigenvalue weighted by molar-refractivity contribution is 6.52. The molecule has 1 N–H and O–H groups in total. The van der Waals surface area contributed by atoms with E-state index >= 15 is 0 Å². The third kappa shape index (κ3) is 1.93. The molecule has 122 valence electrons. The lowest BCUT2D eigenvalue weighted by Gasteiger charge is -2.39. The normalized spacial score (nSPS) is 21.7. The van der Waals surface area contributed by atoms with Crippen LogP contribution in [0.4, 0.5) is 11.4 Å². The molecule has 0 radical (unpaired) electrons. The van der Waals surface area contributed by atoms with Crippen molar-refractivity contribution in [3.05, 3.63) is 58.6 Å². The molecular weight excluding hydrogens is 324 g/mol. The van der Waals surface area contributed by atoms with Gasteiger partial charge in [0.2, 0.25) is 0 Å². The number of benzene rings is 2. The molecule has 2 aromatic rings. The fourth-order valence-corrected chi connectivity index (χ4v) is 4.12. The number of carbonyl (C=O) groups excluding carboxylic acids is 2. The lowest BCUT2D eigenvalue weighted by Crippen LogP contribution is -2.50. The minimum absolute atomic E-state index is 0.434. The number of rotatable bonds is 3. The molecule has 4 rings (SSSR count). The van der Waals surface area contributed by atoms with Gasteiger partial charge < -0.3 is 5.32 Å². The summed E-state index contributed by atoms with van der Waals surface area (Å²) in [6, 6.07) is 12.9. The van der Waals surface area contributed by atoms with E-state index in [0.29, 0.717) is 22.8 Å². The van der Waals surface area contributed by atoms with Crippen molar-refractivity contribution in [2.24, 2.45) is 0 Å². The van der Waals surface area contributed by atoms with Crippen molar-refractivity contribution in [3.63, 3.8) is 0 Å². The van der Waals surface area contributed by atoms with E-state index in [2.05, 4.69) is 12.2 Å². The van der Waals surface area contributed by atoms with E-state index in [-0.39, 0.29) is 0 Å². The molecule has 2 aliphatic heterocycles. The van der Waals surface area contributed by atoms with E-state index in [0.717, 1.165) is 24.1 Å². The molecule has 0 fully saturated rings. The van der Waals surface area contributed by atoms with Crippen molar-refractivity contribution in [2.45, 2.75) is 25.3 Å². The minimum Gasteiger partial charge on any atom is -0.382 e. The molecule has 0 aromatic heterocycles. The Bertz CT molecular complexity index is 860. The van der Waals surface area contributed by atoms with Crippen molar-refractivity contribution in [3.8, 4) is 0 Å². The second-order valence-electron chi connectivity index (χ2n) is 6.31. The Morgan fingerprint density at radius 1 is 1.21 bits per heavy atom. The van der Waals surface area contributed by atoms with Crippen molar-refractivity contribution < 1.29 is 9.59 Å². The minimum atomic E-state index is -0.589. The third-order valence-electron chi connectivity index (χ3n) is 4.93. The highest BCUT2D eigenvalue weighted by Gasteiger charge is 2.51. The van der Waals surface area contributed by atoms with Gasteiger partial charge in [0.1, 0.15) is 0 Å². The molecule has 1 unspecified atom stereocenters. The van der Waals surface area contributed by atoms with Crippen molar-refractivity contribution in [2.75, 3.05) is 16.8 Å². The number of anilines is 2. The molecule has 0 aliphatic carbocycles. The number of nitrogens with zero attached hydrogens (tertiary/aromatic N) is 1. The van der Waals surface area contributed by atoms with Gasteiger partial charge in [0.05, 0.1) is 16.8 Å². The maximum absolute atomic E-state index is 12.8. The van der Waals surface area contributed by atoms with Crippen molar-refractivity contribution in [1.82, 2.24) is 0 Å². The van der Waals surface area contributed by atoms with Gasteiger partial charge in [-0.1, -0.05) is 37.1 Å². The van der Waals surface area contributed by atoms with Gasteiger partial charge in [0.25, 0.3) is 11.7 Å². The van der Waals surface area contributed by atoms with Gasteiger partial charge in [-0.3, -0.25) is 14.5 Å². The Labute approximate surface area is 145 Å². The van der Waals surface area contributed by atoms with Crippen LogP contribution in [0.15, 0.2) is 42.5 Å². The molecule has 1 atom stereocenters. The van der Waals surface area contributed by atoms with E-state index in [1.54, 1.807) is 17.0 Å². The molecule has 2 aromatic carbocycles. The first-order valence-electron chi connectivity index (χ1n) is 8.10. The Morgan fingerprint density at radius 3 is 2.79 bits per heavy atom. The lowest BCUT2D eigenvalue weighted by molar-refractivity contribution is -0.115. The predicted octanol–water partition coefficient (Wildman–Crippen LogP) is 3.99. The summed E-state index contributed by atoms with van der Waals surface area (Å²) >= 11 is 6.22. The zero-order valence-electron chi connectivity index (χ0n) is 13.3. The molecule has 1 amide bonds. The monoisotopic (exact) mass is 340 g/mol. The van der Waals surface area contributed by atoms with Crippen LogP contribution >= 0.6 is 11.6 Å². The van der Waals surface area contributed by atoms with E-state index in [4.69, 9.17) is 11.6 Å². The number of halogens is 1. The fourth-order valence-electron chi connectivity index (χ4n) is 3.95. The van der Waals surface area contributed by atoms with E-state index in [9.17, 15) is 9.59 Å². The number of para-hydroxylation sites is 1. The van der Waals surface area contributed by atoms with Gasteiger partial charge >= 0.3 is 0 Å².